The minimum Gasteiger partial charge on any atom is -0.486 e. The number of fused-ring (bicyclic) bond motifs is 1. The molecule has 120 valence electrons. The van der Waals surface area contributed by atoms with Crippen molar-refractivity contribution in [2.45, 2.75) is 25.9 Å². The molecular weight excluding hydrogens is 306 g/mol. The molecule has 3 rings (SSSR count). The summed E-state index contributed by atoms with van der Waals surface area (Å²) in [4.78, 5) is 14.1. The van der Waals surface area contributed by atoms with E-state index in [1.165, 1.54) is 0 Å². The van der Waals surface area contributed by atoms with Crippen LogP contribution < -0.4 is 9.47 Å². The van der Waals surface area contributed by atoms with Gasteiger partial charge in [-0.3, -0.25) is 4.79 Å². The van der Waals surface area contributed by atoms with Gasteiger partial charge in [0.15, 0.2) is 11.5 Å². The zero-order valence-corrected chi connectivity index (χ0v) is 13.5. The molecule has 1 N–H and O–H groups in total. The topological polar surface area (TPSA) is 59.0 Å². The minimum absolute atomic E-state index is 0.0387. The molecular formula is C16H20ClNO4. The Morgan fingerprint density at radius 3 is 2.64 bits per heavy atom. The Labute approximate surface area is 134 Å². The van der Waals surface area contributed by atoms with Gasteiger partial charge >= 0.3 is 0 Å². The summed E-state index contributed by atoms with van der Waals surface area (Å²) in [6, 6.07) is 3.47. The zero-order chi connectivity index (χ0) is 15.9. The summed E-state index contributed by atoms with van der Waals surface area (Å²) in [5, 5.41) is 10.7. The zero-order valence-electron chi connectivity index (χ0n) is 12.8. The first-order valence-electron chi connectivity index (χ1n) is 7.45. The lowest BCUT2D eigenvalue weighted by atomic mass is 9.95. The first-order chi connectivity index (χ1) is 10.4. The third kappa shape index (κ3) is 2.88. The lowest BCUT2D eigenvalue weighted by Gasteiger charge is -2.22. The summed E-state index contributed by atoms with van der Waals surface area (Å²) in [6.45, 7) is 5.63. The molecule has 0 bridgehead atoms. The number of nitrogens with zero attached hydrogens (tertiary/aromatic N) is 1. The number of aliphatic hydroxyl groups is 1. The van der Waals surface area contributed by atoms with Crippen molar-refractivity contribution in [1.82, 2.24) is 4.90 Å². The summed E-state index contributed by atoms with van der Waals surface area (Å²) < 4.78 is 11.0. The number of benzene rings is 1. The number of likely N-dealkylation sites (tertiary alicyclic amines) is 1. The monoisotopic (exact) mass is 325 g/mol. The van der Waals surface area contributed by atoms with E-state index in [2.05, 4.69) is 0 Å². The van der Waals surface area contributed by atoms with Crippen LogP contribution in [0.15, 0.2) is 12.1 Å². The van der Waals surface area contributed by atoms with E-state index in [1.54, 1.807) is 24.0 Å². The van der Waals surface area contributed by atoms with E-state index in [9.17, 15) is 9.90 Å². The van der Waals surface area contributed by atoms with Gasteiger partial charge in [-0.1, -0.05) is 18.5 Å². The Morgan fingerprint density at radius 1 is 1.41 bits per heavy atom. The van der Waals surface area contributed by atoms with Gasteiger partial charge in [0, 0.05) is 30.1 Å². The van der Waals surface area contributed by atoms with Gasteiger partial charge in [-0.05, 0) is 18.6 Å². The number of rotatable bonds is 2. The maximum atomic E-state index is 12.5. The van der Waals surface area contributed by atoms with Gasteiger partial charge in [0.2, 0.25) is 5.91 Å². The Morgan fingerprint density at radius 2 is 2.05 bits per heavy atom. The minimum atomic E-state index is -0.827. The van der Waals surface area contributed by atoms with Crippen LogP contribution in [-0.4, -0.2) is 47.8 Å². The number of amides is 1. The molecule has 2 aliphatic heterocycles. The number of carbonyl (C=O) groups is 1. The highest BCUT2D eigenvalue weighted by atomic mass is 35.5. The first kappa shape index (κ1) is 15.4. The van der Waals surface area contributed by atoms with Gasteiger partial charge in [0.1, 0.15) is 13.2 Å². The molecule has 1 fully saturated rings. The van der Waals surface area contributed by atoms with Gasteiger partial charge in [-0.25, -0.2) is 0 Å². The van der Waals surface area contributed by atoms with Crippen LogP contribution >= 0.6 is 11.6 Å². The molecule has 5 nitrogen and oxygen atoms in total. The normalized spacial score (nSPS) is 27.1. The largest absolute Gasteiger partial charge is 0.486 e. The van der Waals surface area contributed by atoms with Crippen LogP contribution in [0.2, 0.25) is 5.02 Å². The molecule has 0 aliphatic carbocycles. The molecule has 1 aromatic rings. The summed E-state index contributed by atoms with van der Waals surface area (Å²) in [7, 11) is 0. The fourth-order valence-electron chi connectivity index (χ4n) is 2.84. The maximum Gasteiger partial charge on any atom is 0.227 e. The molecule has 0 aromatic heterocycles. The highest BCUT2D eigenvalue weighted by Gasteiger charge is 2.40. The number of hydrogen-bond acceptors (Lipinski definition) is 4. The molecule has 22 heavy (non-hydrogen) atoms. The van der Waals surface area contributed by atoms with Crippen LogP contribution in [0.4, 0.5) is 0 Å². The molecule has 1 saturated heterocycles. The summed E-state index contributed by atoms with van der Waals surface area (Å²) in [5.41, 5.74) is -0.109. The number of ether oxygens (including phenoxy) is 2. The number of halogens is 1. The second-order valence-electron chi connectivity index (χ2n) is 6.30. The van der Waals surface area contributed by atoms with Crippen molar-refractivity contribution in [3.8, 4) is 11.5 Å². The van der Waals surface area contributed by atoms with Gasteiger partial charge in [-0.2, -0.15) is 0 Å². The molecule has 0 spiro atoms. The van der Waals surface area contributed by atoms with Crippen molar-refractivity contribution in [2.75, 3.05) is 26.3 Å². The van der Waals surface area contributed by atoms with Gasteiger partial charge in [-0.15, -0.1) is 0 Å². The van der Waals surface area contributed by atoms with E-state index < -0.39 is 5.60 Å². The Bertz CT molecular complexity index is 602. The number of carbonyl (C=O) groups excluding carboxylic acids is 1. The van der Waals surface area contributed by atoms with Gasteiger partial charge in [0.25, 0.3) is 0 Å². The average molecular weight is 326 g/mol. The second-order valence-corrected chi connectivity index (χ2v) is 6.70. The third-order valence-electron chi connectivity index (χ3n) is 4.47. The predicted octanol–water partition coefficient (Wildman–Crippen LogP) is 1.88. The molecule has 0 unspecified atom stereocenters. The van der Waals surface area contributed by atoms with E-state index in [0.29, 0.717) is 42.8 Å². The Hall–Kier alpha value is -1.46. The van der Waals surface area contributed by atoms with Gasteiger partial charge in [0.05, 0.1) is 12.0 Å². The van der Waals surface area contributed by atoms with E-state index in [4.69, 9.17) is 21.1 Å². The summed E-state index contributed by atoms with van der Waals surface area (Å²) in [6.07, 6.45) is 0.193. The third-order valence-corrected chi connectivity index (χ3v) is 4.82. The van der Waals surface area contributed by atoms with Gasteiger partial charge < -0.3 is 19.5 Å². The predicted molar refractivity (Wildman–Crippen MR) is 82.5 cm³/mol. The van der Waals surface area contributed by atoms with Crippen molar-refractivity contribution in [2.24, 2.45) is 5.92 Å². The lowest BCUT2D eigenvalue weighted by Crippen LogP contribution is -2.35. The van der Waals surface area contributed by atoms with Crippen molar-refractivity contribution in [3.05, 3.63) is 22.7 Å². The summed E-state index contributed by atoms with van der Waals surface area (Å²) >= 11 is 6.24. The van der Waals surface area contributed by atoms with Crippen molar-refractivity contribution in [3.63, 3.8) is 0 Å². The molecule has 0 radical (unpaired) electrons. The van der Waals surface area contributed by atoms with E-state index in [0.717, 1.165) is 5.56 Å². The molecule has 0 saturated carbocycles. The van der Waals surface area contributed by atoms with E-state index in [1.807, 2.05) is 6.92 Å². The van der Waals surface area contributed by atoms with Crippen LogP contribution in [0.25, 0.3) is 0 Å². The van der Waals surface area contributed by atoms with Crippen LogP contribution in [0.5, 0.6) is 11.5 Å². The Kier molecular flexibility index (Phi) is 3.95. The SMILES string of the molecule is C[C@@H]1CN(C(=O)Cc2cc3c(cc2Cl)OCCO3)C[C@]1(C)O. The summed E-state index contributed by atoms with van der Waals surface area (Å²) in [5.74, 6) is 1.26. The molecule has 1 aromatic carbocycles. The van der Waals surface area contributed by atoms with Crippen molar-refractivity contribution >= 4 is 17.5 Å². The smallest absolute Gasteiger partial charge is 0.227 e. The number of hydrogen-bond donors (Lipinski definition) is 1. The molecule has 1 amide bonds. The molecule has 2 aliphatic rings. The van der Waals surface area contributed by atoms with Crippen LogP contribution in [0.1, 0.15) is 19.4 Å². The molecule has 6 heteroatoms. The fourth-order valence-corrected chi connectivity index (χ4v) is 3.06. The fraction of sp³-hybridized carbons (Fsp3) is 0.562. The highest BCUT2D eigenvalue weighted by molar-refractivity contribution is 6.31. The van der Waals surface area contributed by atoms with Crippen LogP contribution in [0, 0.1) is 5.92 Å². The quantitative estimate of drug-likeness (QED) is 0.902. The second kappa shape index (κ2) is 5.63. The molecule has 2 heterocycles. The lowest BCUT2D eigenvalue weighted by molar-refractivity contribution is -0.130. The van der Waals surface area contributed by atoms with Crippen LogP contribution in [-0.2, 0) is 11.2 Å². The van der Waals surface area contributed by atoms with Crippen molar-refractivity contribution < 1.29 is 19.4 Å². The van der Waals surface area contributed by atoms with Crippen molar-refractivity contribution in [1.29, 1.82) is 0 Å². The highest BCUT2D eigenvalue weighted by Crippen LogP contribution is 2.36. The van der Waals surface area contributed by atoms with E-state index >= 15 is 0 Å². The van der Waals surface area contributed by atoms with E-state index in [-0.39, 0.29) is 18.2 Å². The first-order valence-corrected chi connectivity index (χ1v) is 7.83. The molecule has 2 atom stereocenters. The van der Waals surface area contributed by atoms with Crippen LogP contribution in [0.3, 0.4) is 0 Å². The number of β-amino-alcohol motifs (C(OH)–C–C–N with tert-alkyl or cyclic N) is 1. The maximum absolute atomic E-state index is 12.5. The standard InChI is InChI=1S/C16H20ClNO4/c1-10-8-18(9-16(10,2)20)15(19)6-11-5-13-14(7-12(11)17)22-4-3-21-13/h5,7,10,20H,3-4,6,8-9H2,1-2H3/t10-,16+/m1/s1. The Balaban J connectivity index is 1.75. The average Bonchev–Trinajstić information content (AvgIpc) is 2.74.